The fourth-order valence-corrected chi connectivity index (χ4v) is 4.38. The number of hydrogen-bond acceptors (Lipinski definition) is 2. The summed E-state index contributed by atoms with van der Waals surface area (Å²) in [6.07, 6.45) is 2.89. The summed E-state index contributed by atoms with van der Waals surface area (Å²) in [6.45, 7) is 12.9. The molecule has 2 N–H and O–H groups in total. The molecule has 0 bridgehead atoms. The van der Waals surface area contributed by atoms with Gasteiger partial charge in [-0.3, -0.25) is 0 Å². The highest BCUT2D eigenvalue weighted by molar-refractivity contribution is 5.17. The highest BCUT2D eigenvalue weighted by atomic mass is 16.3. The number of aliphatic hydroxyl groups excluding tert-OH is 2. The molecule has 0 aliphatic heterocycles. The van der Waals surface area contributed by atoms with E-state index in [1.165, 1.54) is 0 Å². The summed E-state index contributed by atoms with van der Waals surface area (Å²) in [5.41, 5.74) is -0.530. The highest BCUT2D eigenvalue weighted by Gasteiger charge is 2.67. The van der Waals surface area contributed by atoms with Crippen LogP contribution in [0.25, 0.3) is 0 Å². The van der Waals surface area contributed by atoms with E-state index in [4.69, 9.17) is 0 Å². The Morgan fingerprint density at radius 1 is 0.778 bits per heavy atom. The molecule has 0 heterocycles. The van der Waals surface area contributed by atoms with Gasteiger partial charge in [0.25, 0.3) is 0 Å². The smallest absolute Gasteiger partial charge is 0.0702 e. The maximum Gasteiger partial charge on any atom is 0.0702 e. The van der Waals surface area contributed by atoms with Crippen molar-refractivity contribution >= 4 is 0 Å². The van der Waals surface area contributed by atoms with Crippen molar-refractivity contribution in [2.24, 2.45) is 22.7 Å². The van der Waals surface area contributed by atoms with E-state index in [1.54, 1.807) is 0 Å². The summed E-state index contributed by atoms with van der Waals surface area (Å²) >= 11 is 0. The molecule has 1 aliphatic rings. The van der Waals surface area contributed by atoms with Crippen molar-refractivity contribution < 1.29 is 10.2 Å². The van der Waals surface area contributed by atoms with Gasteiger partial charge in [-0.15, -0.1) is 0 Å². The lowest BCUT2D eigenvalue weighted by molar-refractivity contribution is -0.291. The van der Waals surface area contributed by atoms with Crippen molar-refractivity contribution in [3.63, 3.8) is 0 Å². The zero-order valence-corrected chi connectivity index (χ0v) is 13.0. The van der Waals surface area contributed by atoms with E-state index in [1.807, 2.05) is 0 Å². The molecule has 2 heteroatoms. The molecule has 0 spiro atoms. The van der Waals surface area contributed by atoms with Crippen LogP contribution >= 0.6 is 0 Å². The number of rotatable bonds is 6. The van der Waals surface area contributed by atoms with E-state index in [-0.39, 0.29) is 23.0 Å². The predicted octanol–water partition coefficient (Wildman–Crippen LogP) is 3.61. The Hall–Kier alpha value is -0.0800. The zero-order valence-electron chi connectivity index (χ0n) is 13.0. The van der Waals surface area contributed by atoms with Crippen molar-refractivity contribution in [2.75, 3.05) is 0 Å². The first-order chi connectivity index (χ1) is 8.26. The monoisotopic (exact) mass is 256 g/mol. The van der Waals surface area contributed by atoms with Crippen LogP contribution in [0.3, 0.4) is 0 Å². The third-order valence-corrected chi connectivity index (χ3v) is 5.07. The van der Waals surface area contributed by atoms with E-state index in [0.29, 0.717) is 11.8 Å². The van der Waals surface area contributed by atoms with Crippen LogP contribution in [0.1, 0.15) is 67.2 Å². The maximum atomic E-state index is 10.8. The molecule has 1 saturated carbocycles. The molecule has 0 radical (unpaired) electrons. The van der Waals surface area contributed by atoms with E-state index >= 15 is 0 Å². The molecule has 1 aliphatic carbocycles. The minimum Gasteiger partial charge on any atom is -0.392 e. The van der Waals surface area contributed by atoms with Crippen molar-refractivity contribution in [1.82, 2.24) is 0 Å². The van der Waals surface area contributed by atoms with Crippen molar-refractivity contribution in [2.45, 2.75) is 79.4 Å². The normalized spacial score (nSPS) is 40.3. The molecule has 0 aromatic rings. The van der Waals surface area contributed by atoms with Gasteiger partial charge in [-0.05, 0) is 37.5 Å². The Bertz CT molecular complexity index is 234. The van der Waals surface area contributed by atoms with E-state index < -0.39 is 0 Å². The lowest BCUT2D eigenvalue weighted by Gasteiger charge is -2.66. The molecular formula is C16H32O2. The molecule has 0 unspecified atom stereocenters. The van der Waals surface area contributed by atoms with Gasteiger partial charge in [0.1, 0.15) is 0 Å². The summed E-state index contributed by atoms with van der Waals surface area (Å²) in [7, 11) is 0. The van der Waals surface area contributed by atoms with Crippen molar-refractivity contribution in [3.8, 4) is 0 Å². The second-order valence-electron chi connectivity index (χ2n) is 7.17. The molecule has 0 amide bonds. The maximum absolute atomic E-state index is 10.8. The summed E-state index contributed by atoms with van der Waals surface area (Å²) in [5.74, 6) is 1.03. The van der Waals surface area contributed by atoms with Gasteiger partial charge in [0, 0.05) is 10.8 Å². The average molecular weight is 256 g/mol. The van der Waals surface area contributed by atoms with Crippen LogP contribution in [-0.4, -0.2) is 22.4 Å². The zero-order chi connectivity index (χ0) is 14.1. The fourth-order valence-electron chi connectivity index (χ4n) is 4.38. The van der Waals surface area contributed by atoms with Crippen molar-refractivity contribution in [3.05, 3.63) is 0 Å². The molecule has 0 atom stereocenters. The van der Waals surface area contributed by atoms with Crippen LogP contribution in [-0.2, 0) is 0 Å². The van der Waals surface area contributed by atoms with E-state index in [2.05, 4.69) is 41.5 Å². The Kier molecular flexibility index (Phi) is 4.88. The molecule has 18 heavy (non-hydrogen) atoms. The Balaban J connectivity index is 2.96. The van der Waals surface area contributed by atoms with E-state index in [9.17, 15) is 10.2 Å². The molecular weight excluding hydrogens is 224 g/mol. The van der Waals surface area contributed by atoms with Crippen LogP contribution in [0.15, 0.2) is 0 Å². The summed E-state index contributed by atoms with van der Waals surface area (Å²) in [5, 5.41) is 21.6. The Labute approximate surface area is 113 Å². The molecule has 0 saturated heterocycles. The summed E-state index contributed by atoms with van der Waals surface area (Å²) in [6, 6.07) is 0. The molecule has 1 rings (SSSR count). The van der Waals surface area contributed by atoms with Crippen LogP contribution < -0.4 is 0 Å². The van der Waals surface area contributed by atoms with Gasteiger partial charge in [0.15, 0.2) is 0 Å². The Morgan fingerprint density at radius 2 is 1.06 bits per heavy atom. The van der Waals surface area contributed by atoms with Gasteiger partial charge in [0.05, 0.1) is 12.2 Å². The van der Waals surface area contributed by atoms with Gasteiger partial charge >= 0.3 is 0 Å². The second-order valence-corrected chi connectivity index (χ2v) is 7.17. The highest BCUT2D eigenvalue weighted by Crippen LogP contribution is 2.63. The lowest BCUT2D eigenvalue weighted by atomic mass is 9.43. The standard InChI is InChI=1S/C16H32O2/c1-7-15(9-11(3)4)13(17)16(8-2,14(15)18)10-12(5)6/h11-14,17-18H,7-10H2,1-6H3. The van der Waals surface area contributed by atoms with Crippen LogP contribution in [0.4, 0.5) is 0 Å². The van der Waals surface area contributed by atoms with Crippen LogP contribution in [0, 0.1) is 22.7 Å². The largest absolute Gasteiger partial charge is 0.392 e. The topological polar surface area (TPSA) is 40.5 Å². The third-order valence-electron chi connectivity index (χ3n) is 5.07. The molecule has 108 valence electrons. The lowest BCUT2D eigenvalue weighted by Crippen LogP contribution is -2.72. The SMILES string of the molecule is CCC1(CC(C)C)C(O)C(CC)(CC(C)C)C1O. The van der Waals surface area contributed by atoms with Gasteiger partial charge < -0.3 is 10.2 Å². The van der Waals surface area contributed by atoms with E-state index in [0.717, 1.165) is 25.7 Å². The van der Waals surface area contributed by atoms with Gasteiger partial charge in [-0.2, -0.15) is 0 Å². The first kappa shape index (κ1) is 16.0. The van der Waals surface area contributed by atoms with Gasteiger partial charge in [-0.25, -0.2) is 0 Å². The van der Waals surface area contributed by atoms with Crippen LogP contribution in [0.5, 0.6) is 0 Å². The Morgan fingerprint density at radius 3 is 1.22 bits per heavy atom. The quantitative estimate of drug-likeness (QED) is 0.762. The van der Waals surface area contributed by atoms with Crippen molar-refractivity contribution in [1.29, 1.82) is 0 Å². The third kappa shape index (κ3) is 2.22. The first-order valence-corrected chi connectivity index (χ1v) is 7.63. The molecule has 2 nitrogen and oxygen atoms in total. The summed E-state index contributed by atoms with van der Waals surface area (Å²) in [4.78, 5) is 0. The van der Waals surface area contributed by atoms with Gasteiger partial charge in [0.2, 0.25) is 0 Å². The van der Waals surface area contributed by atoms with Crippen LogP contribution in [0.2, 0.25) is 0 Å². The minimum atomic E-state index is -0.347. The predicted molar refractivity (Wildman–Crippen MR) is 76.4 cm³/mol. The second kappa shape index (κ2) is 5.50. The molecule has 0 aromatic carbocycles. The average Bonchev–Trinajstić information content (AvgIpc) is 2.31. The van der Waals surface area contributed by atoms with Gasteiger partial charge in [-0.1, -0.05) is 41.5 Å². The number of hydrogen-bond donors (Lipinski definition) is 2. The summed E-state index contributed by atoms with van der Waals surface area (Å²) < 4.78 is 0. The first-order valence-electron chi connectivity index (χ1n) is 7.63. The molecule has 1 fully saturated rings. The molecule has 0 aromatic heterocycles. The minimum absolute atomic E-state index is 0.265. The number of aliphatic hydroxyl groups is 2. The fraction of sp³-hybridized carbons (Fsp3) is 1.00.